The predicted octanol–water partition coefficient (Wildman–Crippen LogP) is -3.06. The number of rotatable bonds is 11. The topological polar surface area (TPSA) is 194 Å². The summed E-state index contributed by atoms with van der Waals surface area (Å²) in [5.41, 5.74) is 5.21. The molecule has 11 nitrogen and oxygen atoms in total. The maximum Gasteiger partial charge on any atom is 0.320 e. The Morgan fingerprint density at radius 2 is 1.79 bits per heavy atom. The summed E-state index contributed by atoms with van der Waals surface area (Å²) in [7, 11) is 0. The molecule has 11 heteroatoms. The molecule has 0 aliphatic heterocycles. The standard InChI is InChI=1S/C13H21NO10/c1-6(17)23-12(11(20)8(18)4-15)9(5-16)24-10(19)3-2-7(14)13(21)22/h5,7-9,11-12,15,18,20H,2-4,14H2,1H3,(H,21,22)/t7?,8-,9+,11-,12-/m1/s1. The first-order valence-electron chi connectivity index (χ1n) is 6.91. The summed E-state index contributed by atoms with van der Waals surface area (Å²) >= 11 is 0. The van der Waals surface area contributed by atoms with E-state index in [1.54, 1.807) is 0 Å². The zero-order valence-electron chi connectivity index (χ0n) is 12.9. The fraction of sp³-hybridized carbons (Fsp3) is 0.692. The summed E-state index contributed by atoms with van der Waals surface area (Å²) in [6, 6.07) is -1.31. The van der Waals surface area contributed by atoms with Gasteiger partial charge in [0, 0.05) is 13.3 Å². The molecule has 138 valence electrons. The molecule has 0 rings (SSSR count). The lowest BCUT2D eigenvalue weighted by atomic mass is 10.0. The molecule has 6 N–H and O–H groups in total. The van der Waals surface area contributed by atoms with Gasteiger partial charge in [0.2, 0.25) is 0 Å². The second kappa shape index (κ2) is 10.6. The van der Waals surface area contributed by atoms with E-state index in [0.29, 0.717) is 0 Å². The zero-order chi connectivity index (χ0) is 18.9. The molecule has 0 saturated heterocycles. The number of aliphatic carboxylic acids is 1. The van der Waals surface area contributed by atoms with Crippen LogP contribution in [-0.4, -0.2) is 81.7 Å². The average molecular weight is 351 g/mol. The molecule has 0 aromatic carbocycles. The van der Waals surface area contributed by atoms with Crippen molar-refractivity contribution in [1.29, 1.82) is 0 Å². The zero-order valence-corrected chi connectivity index (χ0v) is 12.9. The highest BCUT2D eigenvalue weighted by molar-refractivity contribution is 5.76. The Balaban J connectivity index is 4.94. The van der Waals surface area contributed by atoms with Gasteiger partial charge in [0.1, 0.15) is 18.2 Å². The van der Waals surface area contributed by atoms with E-state index < -0.39 is 61.4 Å². The number of carboxylic acid groups (broad SMARTS) is 1. The first-order chi connectivity index (χ1) is 11.1. The van der Waals surface area contributed by atoms with Crippen molar-refractivity contribution in [1.82, 2.24) is 0 Å². The van der Waals surface area contributed by atoms with Crippen LogP contribution in [0.5, 0.6) is 0 Å². The van der Waals surface area contributed by atoms with Crippen LogP contribution in [0.3, 0.4) is 0 Å². The van der Waals surface area contributed by atoms with Crippen LogP contribution in [0, 0.1) is 0 Å². The van der Waals surface area contributed by atoms with Gasteiger partial charge < -0.3 is 35.6 Å². The van der Waals surface area contributed by atoms with Crippen molar-refractivity contribution in [2.24, 2.45) is 5.73 Å². The third-order valence-electron chi connectivity index (χ3n) is 2.92. The van der Waals surface area contributed by atoms with Crippen LogP contribution in [-0.2, 0) is 28.7 Å². The van der Waals surface area contributed by atoms with Gasteiger partial charge in [0.05, 0.1) is 6.61 Å². The van der Waals surface area contributed by atoms with Crippen LogP contribution in [0.4, 0.5) is 0 Å². The average Bonchev–Trinajstić information content (AvgIpc) is 2.53. The maximum absolute atomic E-state index is 11.6. The lowest BCUT2D eigenvalue weighted by Gasteiger charge is -2.29. The fourth-order valence-electron chi connectivity index (χ4n) is 1.63. The SMILES string of the molecule is CC(=O)O[C@@H]([C@H](O)[C@H](O)CO)[C@H](C=O)OC(=O)CCC(N)C(=O)O. The third-order valence-corrected chi connectivity index (χ3v) is 2.92. The first kappa shape index (κ1) is 21.9. The summed E-state index contributed by atoms with van der Waals surface area (Å²) in [6.45, 7) is 0.0620. The number of carbonyl (C=O) groups excluding carboxylic acids is 3. The molecule has 0 aliphatic carbocycles. The van der Waals surface area contributed by atoms with Crippen molar-refractivity contribution in [3.05, 3.63) is 0 Å². The van der Waals surface area contributed by atoms with Crippen molar-refractivity contribution in [2.45, 2.75) is 50.2 Å². The Morgan fingerprint density at radius 3 is 2.21 bits per heavy atom. The number of aldehydes is 1. The molecule has 0 heterocycles. The van der Waals surface area contributed by atoms with Gasteiger partial charge in [-0.15, -0.1) is 0 Å². The van der Waals surface area contributed by atoms with E-state index in [2.05, 4.69) is 4.74 Å². The van der Waals surface area contributed by atoms with E-state index >= 15 is 0 Å². The quantitative estimate of drug-likeness (QED) is 0.187. The maximum atomic E-state index is 11.6. The molecule has 0 saturated carbocycles. The molecule has 5 atom stereocenters. The minimum atomic E-state index is -1.90. The van der Waals surface area contributed by atoms with Crippen molar-refractivity contribution >= 4 is 24.2 Å². The van der Waals surface area contributed by atoms with Crippen LogP contribution in [0.2, 0.25) is 0 Å². The Bertz CT molecular complexity index is 454. The minimum Gasteiger partial charge on any atom is -0.480 e. The molecular formula is C13H21NO10. The van der Waals surface area contributed by atoms with Crippen molar-refractivity contribution < 1.29 is 49.1 Å². The Hall–Kier alpha value is -2.08. The van der Waals surface area contributed by atoms with Gasteiger partial charge in [0.15, 0.2) is 18.5 Å². The van der Waals surface area contributed by atoms with Crippen molar-refractivity contribution in [2.75, 3.05) is 6.61 Å². The van der Waals surface area contributed by atoms with Crippen LogP contribution >= 0.6 is 0 Å². The van der Waals surface area contributed by atoms with Gasteiger partial charge in [-0.25, -0.2) is 0 Å². The molecule has 0 aromatic rings. The van der Waals surface area contributed by atoms with Crippen LogP contribution < -0.4 is 5.73 Å². The van der Waals surface area contributed by atoms with Crippen LogP contribution in [0.25, 0.3) is 0 Å². The highest BCUT2D eigenvalue weighted by atomic mass is 16.6. The van der Waals surface area contributed by atoms with Crippen molar-refractivity contribution in [3.8, 4) is 0 Å². The van der Waals surface area contributed by atoms with E-state index in [-0.39, 0.29) is 12.7 Å². The van der Waals surface area contributed by atoms with E-state index in [4.69, 9.17) is 20.7 Å². The number of aliphatic hydroxyl groups is 3. The van der Waals surface area contributed by atoms with Crippen LogP contribution in [0.15, 0.2) is 0 Å². The molecule has 0 amide bonds. The molecule has 1 unspecified atom stereocenters. The van der Waals surface area contributed by atoms with E-state index in [0.717, 1.165) is 6.92 Å². The number of aliphatic hydroxyl groups excluding tert-OH is 3. The molecule has 0 bridgehead atoms. The largest absolute Gasteiger partial charge is 0.480 e. The second-order valence-electron chi connectivity index (χ2n) is 4.89. The van der Waals surface area contributed by atoms with Gasteiger partial charge in [-0.2, -0.15) is 0 Å². The first-order valence-corrected chi connectivity index (χ1v) is 6.91. The van der Waals surface area contributed by atoms with E-state index in [1.165, 1.54) is 0 Å². The number of ether oxygens (including phenoxy) is 2. The van der Waals surface area contributed by atoms with Gasteiger partial charge in [-0.05, 0) is 6.42 Å². The van der Waals surface area contributed by atoms with E-state index in [9.17, 15) is 29.4 Å². The smallest absolute Gasteiger partial charge is 0.320 e. The lowest BCUT2D eigenvalue weighted by molar-refractivity contribution is -0.183. The lowest BCUT2D eigenvalue weighted by Crippen LogP contribution is -2.50. The molecule has 0 fully saturated rings. The minimum absolute atomic E-state index is 0.0654. The number of carbonyl (C=O) groups is 4. The summed E-state index contributed by atoms with van der Waals surface area (Å²) in [6.07, 6.45) is -7.81. The fourth-order valence-corrected chi connectivity index (χ4v) is 1.63. The highest BCUT2D eigenvalue weighted by Gasteiger charge is 2.37. The van der Waals surface area contributed by atoms with Crippen molar-refractivity contribution in [3.63, 3.8) is 0 Å². The highest BCUT2D eigenvalue weighted by Crippen LogP contribution is 2.13. The summed E-state index contributed by atoms with van der Waals surface area (Å²) in [4.78, 5) is 44.3. The number of hydrogen-bond acceptors (Lipinski definition) is 10. The predicted molar refractivity (Wildman–Crippen MR) is 75.4 cm³/mol. The molecule has 0 aromatic heterocycles. The Morgan fingerprint density at radius 1 is 1.21 bits per heavy atom. The molecule has 0 spiro atoms. The summed E-state index contributed by atoms with van der Waals surface area (Å²) in [5.74, 6) is -3.28. The third kappa shape index (κ3) is 7.46. The molecule has 0 aliphatic rings. The Labute approximate surface area is 137 Å². The van der Waals surface area contributed by atoms with Gasteiger partial charge in [-0.3, -0.25) is 19.2 Å². The normalized spacial score (nSPS) is 17.0. The van der Waals surface area contributed by atoms with Gasteiger partial charge >= 0.3 is 17.9 Å². The summed E-state index contributed by atoms with van der Waals surface area (Å²) in [5, 5.41) is 36.6. The second-order valence-corrected chi connectivity index (χ2v) is 4.89. The number of nitrogens with two attached hydrogens (primary N) is 1. The number of carboxylic acids is 1. The van der Waals surface area contributed by atoms with Crippen LogP contribution in [0.1, 0.15) is 19.8 Å². The summed E-state index contributed by atoms with van der Waals surface area (Å²) < 4.78 is 9.39. The Kier molecular flexibility index (Phi) is 9.73. The van der Waals surface area contributed by atoms with E-state index in [1.807, 2.05) is 0 Å². The molecule has 24 heavy (non-hydrogen) atoms. The molecular weight excluding hydrogens is 330 g/mol. The van der Waals surface area contributed by atoms with Gasteiger partial charge in [0.25, 0.3) is 0 Å². The monoisotopic (exact) mass is 351 g/mol. The van der Waals surface area contributed by atoms with Gasteiger partial charge in [-0.1, -0.05) is 0 Å². The molecule has 0 radical (unpaired) electrons. The number of hydrogen-bond donors (Lipinski definition) is 5. The number of esters is 2.